The van der Waals surface area contributed by atoms with E-state index in [4.69, 9.17) is 4.74 Å². The molecule has 1 aliphatic heterocycles. The number of hydrogen-bond donors (Lipinski definition) is 0. The average Bonchev–Trinajstić information content (AvgIpc) is 2.51. The van der Waals surface area contributed by atoms with Gasteiger partial charge in [0.25, 0.3) is 0 Å². The van der Waals surface area contributed by atoms with Crippen LogP contribution >= 0.6 is 0 Å². The van der Waals surface area contributed by atoms with Gasteiger partial charge in [-0.25, -0.2) is 4.39 Å². The number of rotatable bonds is 1. The minimum Gasteiger partial charge on any atom is -0.373 e. The summed E-state index contributed by atoms with van der Waals surface area (Å²) in [5.41, 5.74) is 0.713. The second-order valence-electron chi connectivity index (χ2n) is 10.4. The Morgan fingerprint density at radius 1 is 0.815 bits per heavy atom. The molecule has 0 radical (unpaired) electrons. The predicted molar refractivity (Wildman–Crippen MR) is 101 cm³/mol. The highest BCUT2D eigenvalue weighted by atomic mass is 19.1. The number of hydrogen-bond acceptors (Lipinski definition) is 3. The standard InChI is InChI=1S/C23H29FO3/c1-22(2)9-15(25)20-17(11-22)27-18-12-23(3,4)10-16(26)21(18)19(20)13-5-7-14(24)8-6-13/h5-8,17-21H,9-12H2,1-4H3. The van der Waals surface area contributed by atoms with Gasteiger partial charge in [-0.15, -0.1) is 0 Å². The SMILES string of the molecule is CC1(C)CC(=O)C2C(C1)OC1CC(C)(C)CC(=O)C1C2c1ccc(F)cc1. The summed E-state index contributed by atoms with van der Waals surface area (Å²) in [6, 6.07) is 6.37. The first kappa shape index (κ1) is 18.8. The quantitative estimate of drug-likeness (QED) is 0.718. The molecule has 146 valence electrons. The van der Waals surface area contributed by atoms with Gasteiger partial charge in [-0.05, 0) is 41.4 Å². The molecule has 1 aromatic carbocycles. The minimum absolute atomic E-state index is 0.0906. The lowest BCUT2D eigenvalue weighted by atomic mass is 9.56. The monoisotopic (exact) mass is 372 g/mol. The zero-order valence-electron chi connectivity index (χ0n) is 16.6. The lowest BCUT2D eigenvalue weighted by molar-refractivity contribution is -0.186. The molecule has 4 rings (SSSR count). The van der Waals surface area contributed by atoms with E-state index in [9.17, 15) is 14.0 Å². The molecular formula is C23H29FO3. The van der Waals surface area contributed by atoms with E-state index in [0.717, 1.165) is 18.4 Å². The molecule has 2 saturated carbocycles. The van der Waals surface area contributed by atoms with Crippen molar-refractivity contribution in [3.05, 3.63) is 35.6 Å². The number of fused-ring (bicyclic) bond motifs is 2. The van der Waals surface area contributed by atoms with Crippen LogP contribution in [0.5, 0.6) is 0 Å². The summed E-state index contributed by atoms with van der Waals surface area (Å²) in [6.45, 7) is 8.44. The third-order valence-electron chi connectivity index (χ3n) is 6.74. The molecule has 3 aliphatic rings. The Labute approximate surface area is 160 Å². The predicted octanol–water partition coefficient (Wildman–Crippen LogP) is 4.69. The summed E-state index contributed by atoms with van der Waals surface area (Å²) in [6.07, 6.45) is 2.31. The van der Waals surface area contributed by atoms with E-state index in [1.807, 2.05) is 0 Å². The summed E-state index contributed by atoms with van der Waals surface area (Å²) < 4.78 is 20.0. The van der Waals surface area contributed by atoms with E-state index >= 15 is 0 Å². The third kappa shape index (κ3) is 3.37. The molecule has 27 heavy (non-hydrogen) atoms. The highest BCUT2D eigenvalue weighted by Crippen LogP contribution is 2.54. The zero-order valence-corrected chi connectivity index (χ0v) is 16.6. The van der Waals surface area contributed by atoms with E-state index in [1.54, 1.807) is 12.1 Å². The molecular weight excluding hydrogens is 343 g/mol. The molecule has 0 spiro atoms. The van der Waals surface area contributed by atoms with Crippen molar-refractivity contribution in [1.82, 2.24) is 0 Å². The second kappa shape index (κ2) is 6.23. The van der Waals surface area contributed by atoms with Gasteiger partial charge in [0.1, 0.15) is 17.4 Å². The van der Waals surface area contributed by atoms with Crippen molar-refractivity contribution in [2.45, 2.75) is 71.5 Å². The van der Waals surface area contributed by atoms with Gasteiger partial charge in [0, 0.05) is 18.8 Å². The van der Waals surface area contributed by atoms with Crippen LogP contribution < -0.4 is 0 Å². The maximum absolute atomic E-state index is 13.5. The summed E-state index contributed by atoms with van der Waals surface area (Å²) in [4.78, 5) is 26.3. The molecule has 0 bridgehead atoms. The number of ether oxygens (including phenoxy) is 1. The van der Waals surface area contributed by atoms with Crippen LogP contribution in [0, 0.1) is 28.5 Å². The van der Waals surface area contributed by atoms with Gasteiger partial charge in [-0.2, -0.15) is 0 Å². The van der Waals surface area contributed by atoms with Crippen LogP contribution in [-0.2, 0) is 14.3 Å². The van der Waals surface area contributed by atoms with Crippen molar-refractivity contribution in [1.29, 1.82) is 0 Å². The van der Waals surface area contributed by atoms with Crippen molar-refractivity contribution in [2.75, 3.05) is 0 Å². The lowest BCUT2D eigenvalue weighted by Crippen LogP contribution is -2.58. The zero-order chi connectivity index (χ0) is 19.6. The van der Waals surface area contributed by atoms with Crippen molar-refractivity contribution in [3.63, 3.8) is 0 Å². The third-order valence-corrected chi connectivity index (χ3v) is 6.74. The maximum atomic E-state index is 13.5. The fraction of sp³-hybridized carbons (Fsp3) is 0.652. The maximum Gasteiger partial charge on any atom is 0.139 e. The van der Waals surface area contributed by atoms with Gasteiger partial charge in [-0.1, -0.05) is 39.8 Å². The van der Waals surface area contributed by atoms with Crippen molar-refractivity contribution in [2.24, 2.45) is 22.7 Å². The number of halogens is 1. The van der Waals surface area contributed by atoms with E-state index < -0.39 is 0 Å². The Bertz CT molecular complexity index is 722. The van der Waals surface area contributed by atoms with Crippen LogP contribution in [-0.4, -0.2) is 23.8 Å². The van der Waals surface area contributed by atoms with Crippen LogP contribution in [0.3, 0.4) is 0 Å². The number of carbonyl (C=O) groups is 2. The fourth-order valence-electron chi connectivity index (χ4n) is 5.76. The topological polar surface area (TPSA) is 43.4 Å². The second-order valence-corrected chi connectivity index (χ2v) is 10.4. The van der Waals surface area contributed by atoms with Crippen molar-refractivity contribution >= 4 is 11.6 Å². The van der Waals surface area contributed by atoms with E-state index in [-0.39, 0.29) is 58.2 Å². The molecule has 4 atom stereocenters. The summed E-state index contributed by atoms with van der Waals surface area (Å²) >= 11 is 0. The Morgan fingerprint density at radius 2 is 1.26 bits per heavy atom. The number of carbonyl (C=O) groups excluding carboxylic acids is 2. The highest BCUT2D eigenvalue weighted by Gasteiger charge is 2.57. The van der Waals surface area contributed by atoms with Crippen LogP contribution in [0.1, 0.15) is 64.9 Å². The molecule has 1 saturated heterocycles. The lowest BCUT2D eigenvalue weighted by Gasteiger charge is -2.54. The van der Waals surface area contributed by atoms with E-state index in [2.05, 4.69) is 27.7 Å². The van der Waals surface area contributed by atoms with Crippen LogP contribution in [0.15, 0.2) is 24.3 Å². The van der Waals surface area contributed by atoms with Gasteiger partial charge in [0.15, 0.2) is 0 Å². The molecule has 4 heteroatoms. The van der Waals surface area contributed by atoms with Crippen LogP contribution in [0.2, 0.25) is 0 Å². The Kier molecular flexibility index (Phi) is 4.34. The van der Waals surface area contributed by atoms with Crippen LogP contribution in [0.4, 0.5) is 4.39 Å². The number of benzene rings is 1. The Hall–Kier alpha value is -1.55. The molecule has 3 nitrogen and oxygen atoms in total. The highest BCUT2D eigenvalue weighted by molar-refractivity contribution is 5.89. The molecule has 3 fully saturated rings. The first-order chi connectivity index (χ1) is 12.6. The summed E-state index contributed by atoms with van der Waals surface area (Å²) in [5.74, 6) is -0.763. The van der Waals surface area contributed by atoms with E-state index in [1.165, 1.54) is 12.1 Å². The molecule has 2 aliphatic carbocycles. The summed E-state index contributed by atoms with van der Waals surface area (Å²) in [7, 11) is 0. The molecule has 0 amide bonds. The molecule has 1 heterocycles. The van der Waals surface area contributed by atoms with E-state index in [0.29, 0.717) is 12.8 Å². The van der Waals surface area contributed by atoms with Crippen LogP contribution in [0.25, 0.3) is 0 Å². The van der Waals surface area contributed by atoms with Gasteiger partial charge >= 0.3 is 0 Å². The number of Topliss-reactive ketones (excluding diaryl/α,β-unsaturated/α-hetero) is 2. The first-order valence-electron chi connectivity index (χ1n) is 10.0. The summed E-state index contributed by atoms with van der Waals surface area (Å²) in [5, 5.41) is 0. The Morgan fingerprint density at radius 3 is 1.70 bits per heavy atom. The van der Waals surface area contributed by atoms with Gasteiger partial charge in [-0.3, -0.25) is 9.59 Å². The normalized spacial score (nSPS) is 37.4. The smallest absolute Gasteiger partial charge is 0.139 e. The molecule has 0 N–H and O–H groups in total. The van der Waals surface area contributed by atoms with Crippen molar-refractivity contribution in [3.8, 4) is 0 Å². The average molecular weight is 372 g/mol. The van der Waals surface area contributed by atoms with Gasteiger partial charge in [0.05, 0.1) is 24.0 Å². The van der Waals surface area contributed by atoms with Gasteiger partial charge < -0.3 is 4.74 Å². The largest absolute Gasteiger partial charge is 0.373 e. The molecule has 1 aromatic rings. The van der Waals surface area contributed by atoms with Crippen molar-refractivity contribution < 1.29 is 18.7 Å². The Balaban J connectivity index is 1.79. The fourth-order valence-corrected chi connectivity index (χ4v) is 5.76. The molecule has 4 unspecified atom stereocenters. The minimum atomic E-state index is -0.310. The van der Waals surface area contributed by atoms with Gasteiger partial charge in [0.2, 0.25) is 0 Å². The molecule has 0 aromatic heterocycles. The number of ketones is 2. The first-order valence-corrected chi connectivity index (χ1v) is 10.0.